The van der Waals surface area contributed by atoms with E-state index >= 15 is 0 Å². The summed E-state index contributed by atoms with van der Waals surface area (Å²) in [6.45, 7) is 7.31. The Morgan fingerprint density at radius 3 is 2.24 bits per heavy atom. The minimum absolute atomic E-state index is 0.0272. The van der Waals surface area contributed by atoms with Crippen molar-refractivity contribution in [3.63, 3.8) is 0 Å². The number of rotatable bonds is 6. The molecule has 0 spiro atoms. The van der Waals surface area contributed by atoms with Crippen LogP contribution in [0.4, 0.5) is 0 Å². The Kier molecular flexibility index (Phi) is 7.04. The molecule has 0 bridgehead atoms. The van der Waals surface area contributed by atoms with Crippen LogP contribution in [-0.2, 0) is 4.79 Å². The Bertz CT molecular complexity index is 827. The molecule has 5 nitrogen and oxygen atoms in total. The number of hydrogen-bond donors (Lipinski definition) is 1. The van der Waals surface area contributed by atoms with Crippen LogP contribution in [0.15, 0.2) is 54.6 Å². The van der Waals surface area contributed by atoms with Crippen molar-refractivity contribution in [1.29, 1.82) is 0 Å². The molecular weight excluding hydrogens is 362 g/mol. The third-order valence-corrected chi connectivity index (χ3v) is 5.36. The summed E-state index contributed by atoms with van der Waals surface area (Å²) < 4.78 is 0. The SMILES string of the molecule is CC(C)C[C@H](NC(=O)c1cccc(-c2ccccc2)c1)C(=O)N1CCN(C)CC1. The summed E-state index contributed by atoms with van der Waals surface area (Å²) in [7, 11) is 2.06. The van der Waals surface area contributed by atoms with Crippen molar-refractivity contribution in [3.05, 3.63) is 60.2 Å². The fourth-order valence-electron chi connectivity index (χ4n) is 3.65. The van der Waals surface area contributed by atoms with Gasteiger partial charge in [0.05, 0.1) is 0 Å². The molecule has 1 aliphatic heterocycles. The first-order valence-corrected chi connectivity index (χ1v) is 10.4. The average molecular weight is 394 g/mol. The van der Waals surface area contributed by atoms with Crippen LogP contribution in [0, 0.1) is 5.92 Å². The molecule has 154 valence electrons. The molecule has 1 saturated heterocycles. The molecule has 5 heteroatoms. The Hall–Kier alpha value is -2.66. The van der Waals surface area contributed by atoms with E-state index in [0.29, 0.717) is 31.0 Å². The number of benzene rings is 2. The topological polar surface area (TPSA) is 52.7 Å². The van der Waals surface area contributed by atoms with E-state index in [4.69, 9.17) is 0 Å². The maximum atomic E-state index is 13.1. The van der Waals surface area contributed by atoms with Crippen LogP contribution in [0.25, 0.3) is 11.1 Å². The largest absolute Gasteiger partial charge is 0.340 e. The number of nitrogens with one attached hydrogen (secondary N) is 1. The normalized spacial score (nSPS) is 15.9. The van der Waals surface area contributed by atoms with Crippen LogP contribution >= 0.6 is 0 Å². The van der Waals surface area contributed by atoms with Gasteiger partial charge in [-0.05, 0) is 42.6 Å². The lowest BCUT2D eigenvalue weighted by Gasteiger charge is -2.35. The zero-order valence-corrected chi connectivity index (χ0v) is 17.6. The Morgan fingerprint density at radius 1 is 0.931 bits per heavy atom. The van der Waals surface area contributed by atoms with Gasteiger partial charge in [-0.1, -0.05) is 56.3 Å². The molecule has 2 amide bonds. The van der Waals surface area contributed by atoms with Gasteiger partial charge in [0, 0.05) is 31.7 Å². The van der Waals surface area contributed by atoms with Gasteiger partial charge in [-0.25, -0.2) is 0 Å². The monoisotopic (exact) mass is 393 g/mol. The third kappa shape index (κ3) is 5.67. The number of hydrogen-bond acceptors (Lipinski definition) is 3. The minimum Gasteiger partial charge on any atom is -0.340 e. The van der Waals surface area contributed by atoms with E-state index < -0.39 is 6.04 Å². The molecule has 1 aliphatic rings. The van der Waals surface area contributed by atoms with Gasteiger partial charge in [-0.3, -0.25) is 9.59 Å². The van der Waals surface area contributed by atoms with Crippen molar-refractivity contribution in [2.45, 2.75) is 26.3 Å². The van der Waals surface area contributed by atoms with Crippen LogP contribution in [-0.4, -0.2) is 60.9 Å². The van der Waals surface area contributed by atoms with Gasteiger partial charge in [-0.2, -0.15) is 0 Å². The number of carbonyl (C=O) groups is 2. The maximum Gasteiger partial charge on any atom is 0.251 e. The van der Waals surface area contributed by atoms with E-state index in [1.54, 1.807) is 6.07 Å². The van der Waals surface area contributed by atoms with Gasteiger partial charge in [0.15, 0.2) is 0 Å². The molecule has 2 aromatic carbocycles. The molecule has 0 radical (unpaired) electrons. The van der Waals surface area contributed by atoms with Crippen molar-refractivity contribution in [2.24, 2.45) is 5.92 Å². The fourth-order valence-corrected chi connectivity index (χ4v) is 3.65. The van der Waals surface area contributed by atoms with Crippen LogP contribution in [0.1, 0.15) is 30.6 Å². The number of piperazine rings is 1. The van der Waals surface area contributed by atoms with E-state index in [0.717, 1.165) is 24.2 Å². The zero-order valence-electron chi connectivity index (χ0n) is 17.6. The van der Waals surface area contributed by atoms with Crippen molar-refractivity contribution in [2.75, 3.05) is 33.2 Å². The number of likely N-dealkylation sites (N-methyl/N-ethyl adjacent to an activating group) is 1. The highest BCUT2D eigenvalue weighted by atomic mass is 16.2. The summed E-state index contributed by atoms with van der Waals surface area (Å²) >= 11 is 0. The highest BCUT2D eigenvalue weighted by Gasteiger charge is 2.28. The summed E-state index contributed by atoms with van der Waals surface area (Å²) in [5, 5.41) is 3.01. The first kappa shape index (κ1) is 21.1. The molecule has 0 unspecified atom stereocenters. The second-order valence-corrected chi connectivity index (χ2v) is 8.23. The molecule has 3 rings (SSSR count). The molecule has 0 saturated carbocycles. The molecule has 1 heterocycles. The molecular formula is C24H31N3O2. The first-order chi connectivity index (χ1) is 13.9. The number of nitrogens with zero attached hydrogens (tertiary/aromatic N) is 2. The lowest BCUT2D eigenvalue weighted by Crippen LogP contribution is -2.54. The number of amides is 2. The number of carbonyl (C=O) groups excluding carboxylic acids is 2. The standard InChI is InChI=1S/C24H31N3O2/c1-18(2)16-22(24(29)27-14-12-26(3)13-15-27)25-23(28)21-11-7-10-20(17-21)19-8-5-4-6-9-19/h4-11,17-18,22H,12-16H2,1-3H3,(H,25,28)/t22-/m0/s1. The minimum atomic E-state index is -0.494. The van der Waals surface area contributed by atoms with Gasteiger partial charge < -0.3 is 15.1 Å². The van der Waals surface area contributed by atoms with E-state index in [9.17, 15) is 9.59 Å². The van der Waals surface area contributed by atoms with E-state index in [2.05, 4.69) is 31.1 Å². The van der Waals surface area contributed by atoms with Crippen molar-refractivity contribution in [3.8, 4) is 11.1 Å². The van der Waals surface area contributed by atoms with Gasteiger partial charge >= 0.3 is 0 Å². The molecule has 1 atom stereocenters. The first-order valence-electron chi connectivity index (χ1n) is 10.4. The molecule has 2 aromatic rings. The van der Waals surface area contributed by atoms with E-state index in [1.807, 2.05) is 53.4 Å². The lowest BCUT2D eigenvalue weighted by molar-refractivity contribution is -0.135. The summed E-state index contributed by atoms with van der Waals surface area (Å²) in [6, 6.07) is 17.1. The summed E-state index contributed by atoms with van der Waals surface area (Å²) in [5.74, 6) is 0.141. The molecule has 0 aromatic heterocycles. The van der Waals surface area contributed by atoms with Crippen LogP contribution in [0.5, 0.6) is 0 Å². The zero-order chi connectivity index (χ0) is 20.8. The molecule has 29 heavy (non-hydrogen) atoms. The average Bonchev–Trinajstić information content (AvgIpc) is 2.73. The second kappa shape index (κ2) is 9.70. The van der Waals surface area contributed by atoms with Gasteiger partial charge in [0.25, 0.3) is 5.91 Å². The summed E-state index contributed by atoms with van der Waals surface area (Å²) in [4.78, 5) is 30.2. The smallest absolute Gasteiger partial charge is 0.251 e. The van der Waals surface area contributed by atoms with E-state index in [1.165, 1.54) is 0 Å². The summed E-state index contributed by atoms with van der Waals surface area (Å²) in [6.07, 6.45) is 0.634. The molecule has 0 aliphatic carbocycles. The van der Waals surface area contributed by atoms with Gasteiger partial charge in [0.1, 0.15) is 6.04 Å². The van der Waals surface area contributed by atoms with Crippen LogP contribution in [0.2, 0.25) is 0 Å². The fraction of sp³-hybridized carbons (Fsp3) is 0.417. The lowest BCUT2D eigenvalue weighted by atomic mass is 10.0. The highest BCUT2D eigenvalue weighted by Crippen LogP contribution is 2.20. The molecule has 1 fully saturated rings. The predicted octanol–water partition coefficient (Wildman–Crippen LogP) is 3.27. The van der Waals surface area contributed by atoms with Gasteiger partial charge in [0.2, 0.25) is 5.91 Å². The van der Waals surface area contributed by atoms with Gasteiger partial charge in [-0.15, -0.1) is 0 Å². The summed E-state index contributed by atoms with van der Waals surface area (Å²) in [5.41, 5.74) is 2.63. The highest BCUT2D eigenvalue weighted by molar-refractivity contribution is 5.98. The quantitative estimate of drug-likeness (QED) is 0.820. The predicted molar refractivity (Wildman–Crippen MR) is 117 cm³/mol. The van der Waals surface area contributed by atoms with Crippen molar-refractivity contribution >= 4 is 11.8 Å². The third-order valence-electron chi connectivity index (χ3n) is 5.36. The van der Waals surface area contributed by atoms with Crippen LogP contribution in [0.3, 0.4) is 0 Å². The Morgan fingerprint density at radius 2 is 1.59 bits per heavy atom. The van der Waals surface area contributed by atoms with E-state index in [-0.39, 0.29) is 11.8 Å². The maximum absolute atomic E-state index is 13.1. The second-order valence-electron chi connectivity index (χ2n) is 8.23. The Labute approximate surface area is 173 Å². The Balaban J connectivity index is 1.74. The van der Waals surface area contributed by atoms with Crippen LogP contribution < -0.4 is 5.32 Å². The molecule has 1 N–H and O–H groups in total. The van der Waals surface area contributed by atoms with Crippen molar-refractivity contribution in [1.82, 2.24) is 15.1 Å². The van der Waals surface area contributed by atoms with Crippen molar-refractivity contribution < 1.29 is 9.59 Å².